The Balaban J connectivity index is 1.98. The van der Waals surface area contributed by atoms with Gasteiger partial charge in [-0.15, -0.1) is 0 Å². The highest BCUT2D eigenvalue weighted by molar-refractivity contribution is 5.82. The van der Waals surface area contributed by atoms with Crippen molar-refractivity contribution in [2.24, 2.45) is 5.73 Å². The average Bonchev–Trinajstić information content (AvgIpc) is 2.97. The summed E-state index contributed by atoms with van der Waals surface area (Å²) in [4.78, 5) is 8.66. The number of nitrogens with zero attached hydrogens (tertiary/aromatic N) is 3. The summed E-state index contributed by atoms with van der Waals surface area (Å²) in [6.45, 7) is 2.11. The van der Waals surface area contributed by atoms with Gasteiger partial charge in [-0.05, 0) is 31.2 Å². The first kappa shape index (κ1) is 13.7. The molecule has 2 aromatic heterocycles. The van der Waals surface area contributed by atoms with E-state index < -0.39 is 5.54 Å². The van der Waals surface area contributed by atoms with Crippen LogP contribution in [0.5, 0.6) is 0 Å². The van der Waals surface area contributed by atoms with Crippen molar-refractivity contribution in [1.82, 2.24) is 15.1 Å². The van der Waals surface area contributed by atoms with Crippen molar-refractivity contribution in [3.63, 3.8) is 0 Å². The molecule has 0 spiro atoms. The van der Waals surface area contributed by atoms with Crippen molar-refractivity contribution in [2.45, 2.75) is 12.5 Å². The first-order chi connectivity index (χ1) is 10.1. The zero-order valence-electron chi connectivity index (χ0n) is 11.9. The van der Waals surface area contributed by atoms with Crippen LogP contribution in [0.1, 0.15) is 12.7 Å². The molecule has 0 aliphatic rings. The predicted octanol–water partition coefficient (Wildman–Crippen LogP) is 2.11. The Morgan fingerprint density at radius 1 is 1.33 bits per heavy atom. The van der Waals surface area contributed by atoms with Gasteiger partial charge in [-0.2, -0.15) is 4.98 Å². The smallest absolute Gasteiger partial charge is 0.258 e. The first-order valence-corrected chi connectivity index (χ1v) is 6.57. The Labute approximate surface area is 121 Å². The van der Waals surface area contributed by atoms with E-state index in [9.17, 15) is 0 Å². The van der Waals surface area contributed by atoms with Gasteiger partial charge in [0.1, 0.15) is 5.54 Å². The molecule has 1 aromatic carbocycles. The Hall–Kier alpha value is -2.31. The van der Waals surface area contributed by atoms with E-state index in [0.717, 1.165) is 16.5 Å². The van der Waals surface area contributed by atoms with E-state index in [1.165, 1.54) is 0 Å². The van der Waals surface area contributed by atoms with E-state index in [4.69, 9.17) is 15.0 Å². The van der Waals surface area contributed by atoms with Crippen LogP contribution in [0.2, 0.25) is 0 Å². The molecule has 6 nitrogen and oxygen atoms in total. The molecule has 0 amide bonds. The number of aromatic nitrogens is 3. The van der Waals surface area contributed by atoms with Crippen LogP contribution >= 0.6 is 0 Å². The number of hydrogen-bond acceptors (Lipinski definition) is 6. The molecule has 0 aliphatic carbocycles. The molecule has 21 heavy (non-hydrogen) atoms. The molecular weight excluding hydrogens is 268 g/mol. The van der Waals surface area contributed by atoms with Crippen molar-refractivity contribution in [1.29, 1.82) is 0 Å². The third kappa shape index (κ3) is 2.63. The fourth-order valence-electron chi connectivity index (χ4n) is 2.15. The highest BCUT2D eigenvalue weighted by Gasteiger charge is 2.27. The number of rotatable bonds is 4. The molecule has 3 aromatic rings. The van der Waals surface area contributed by atoms with Crippen molar-refractivity contribution < 1.29 is 9.26 Å². The molecule has 1 unspecified atom stereocenters. The van der Waals surface area contributed by atoms with Crippen LogP contribution < -0.4 is 5.73 Å². The summed E-state index contributed by atoms with van der Waals surface area (Å²) >= 11 is 0. The van der Waals surface area contributed by atoms with Crippen LogP contribution in [0.4, 0.5) is 0 Å². The number of hydrogen-bond donors (Lipinski definition) is 1. The van der Waals surface area contributed by atoms with Gasteiger partial charge >= 0.3 is 0 Å². The summed E-state index contributed by atoms with van der Waals surface area (Å²) in [5.74, 6) is 0.856. The summed E-state index contributed by atoms with van der Waals surface area (Å²) < 4.78 is 10.4. The molecule has 6 heteroatoms. The molecule has 2 heterocycles. The Morgan fingerprint density at radius 3 is 3.00 bits per heavy atom. The van der Waals surface area contributed by atoms with Gasteiger partial charge in [0.25, 0.3) is 5.89 Å². The van der Waals surface area contributed by atoms with Gasteiger partial charge in [-0.25, -0.2) is 0 Å². The lowest BCUT2D eigenvalue weighted by Crippen LogP contribution is -2.38. The van der Waals surface area contributed by atoms with E-state index in [0.29, 0.717) is 18.3 Å². The van der Waals surface area contributed by atoms with Gasteiger partial charge in [-0.3, -0.25) is 4.98 Å². The molecule has 108 valence electrons. The largest absolute Gasteiger partial charge is 0.382 e. The second kappa shape index (κ2) is 5.23. The number of pyridine rings is 1. The third-order valence-corrected chi connectivity index (χ3v) is 3.23. The van der Waals surface area contributed by atoms with E-state index in [-0.39, 0.29) is 0 Å². The maximum atomic E-state index is 6.11. The van der Waals surface area contributed by atoms with E-state index in [2.05, 4.69) is 15.1 Å². The molecule has 0 fully saturated rings. The second-order valence-electron chi connectivity index (χ2n) is 5.18. The maximum absolute atomic E-state index is 6.11. The van der Waals surface area contributed by atoms with Gasteiger partial charge in [0.15, 0.2) is 5.82 Å². The standard InChI is InChI=1S/C15H16N4O2/c1-15(16,9-20-2)14-18-13(21-19-14)11-5-6-12-10(8-11)4-3-7-17-12/h3-8H,9,16H2,1-2H3. The van der Waals surface area contributed by atoms with Gasteiger partial charge < -0.3 is 15.0 Å². The summed E-state index contributed by atoms with van der Waals surface area (Å²) in [6, 6.07) is 9.66. The van der Waals surface area contributed by atoms with E-state index in [1.54, 1.807) is 20.2 Å². The lowest BCUT2D eigenvalue weighted by Gasteiger charge is -2.18. The van der Waals surface area contributed by atoms with Crippen molar-refractivity contribution >= 4 is 10.9 Å². The molecular formula is C15H16N4O2. The Bertz CT molecular complexity index is 767. The molecule has 0 saturated heterocycles. The van der Waals surface area contributed by atoms with E-state index in [1.807, 2.05) is 30.3 Å². The molecule has 0 aliphatic heterocycles. The third-order valence-electron chi connectivity index (χ3n) is 3.23. The van der Waals surface area contributed by atoms with Crippen LogP contribution in [-0.4, -0.2) is 28.8 Å². The Kier molecular flexibility index (Phi) is 3.40. The molecule has 0 radical (unpaired) electrons. The van der Waals surface area contributed by atoms with Gasteiger partial charge in [0.2, 0.25) is 0 Å². The van der Waals surface area contributed by atoms with Gasteiger partial charge in [0.05, 0.1) is 12.1 Å². The Morgan fingerprint density at radius 2 is 2.19 bits per heavy atom. The zero-order valence-corrected chi connectivity index (χ0v) is 11.9. The lowest BCUT2D eigenvalue weighted by atomic mass is 10.1. The summed E-state index contributed by atoms with van der Waals surface area (Å²) in [6.07, 6.45) is 1.76. The maximum Gasteiger partial charge on any atom is 0.258 e. The topological polar surface area (TPSA) is 87.1 Å². The van der Waals surface area contributed by atoms with Crippen LogP contribution in [0.15, 0.2) is 41.1 Å². The minimum absolute atomic E-state index is 0.313. The molecule has 3 rings (SSSR count). The summed E-state index contributed by atoms with van der Waals surface area (Å²) in [5.41, 5.74) is 7.08. The van der Waals surface area contributed by atoms with Crippen LogP contribution in [-0.2, 0) is 10.3 Å². The number of fused-ring (bicyclic) bond motifs is 1. The highest BCUT2D eigenvalue weighted by Crippen LogP contribution is 2.24. The minimum atomic E-state index is -0.783. The fraction of sp³-hybridized carbons (Fsp3) is 0.267. The number of nitrogens with two attached hydrogens (primary N) is 1. The zero-order chi connectivity index (χ0) is 14.9. The average molecular weight is 284 g/mol. The van der Waals surface area contributed by atoms with E-state index >= 15 is 0 Å². The highest BCUT2D eigenvalue weighted by atomic mass is 16.5. The monoisotopic (exact) mass is 284 g/mol. The SMILES string of the molecule is COCC(C)(N)c1noc(-c2ccc3ncccc3c2)n1. The molecule has 2 N–H and O–H groups in total. The number of ether oxygens (including phenoxy) is 1. The lowest BCUT2D eigenvalue weighted by molar-refractivity contribution is 0.135. The summed E-state index contributed by atoms with van der Waals surface area (Å²) in [7, 11) is 1.59. The number of methoxy groups -OCH3 is 1. The second-order valence-corrected chi connectivity index (χ2v) is 5.18. The van der Waals surface area contributed by atoms with Crippen molar-refractivity contribution in [2.75, 3.05) is 13.7 Å². The fourth-order valence-corrected chi connectivity index (χ4v) is 2.15. The minimum Gasteiger partial charge on any atom is -0.382 e. The summed E-state index contributed by atoms with van der Waals surface area (Å²) in [5, 5.41) is 4.97. The van der Waals surface area contributed by atoms with Crippen LogP contribution in [0.3, 0.4) is 0 Å². The van der Waals surface area contributed by atoms with Crippen LogP contribution in [0.25, 0.3) is 22.4 Å². The number of benzene rings is 1. The normalized spacial score (nSPS) is 14.2. The van der Waals surface area contributed by atoms with Crippen LogP contribution in [0, 0.1) is 0 Å². The van der Waals surface area contributed by atoms with Crippen molar-refractivity contribution in [3.8, 4) is 11.5 Å². The molecule has 1 atom stereocenters. The molecule has 0 saturated carbocycles. The van der Waals surface area contributed by atoms with Crippen molar-refractivity contribution in [3.05, 3.63) is 42.4 Å². The van der Waals surface area contributed by atoms with Gasteiger partial charge in [-0.1, -0.05) is 11.2 Å². The quantitative estimate of drug-likeness (QED) is 0.789. The molecule has 0 bridgehead atoms. The predicted molar refractivity (Wildman–Crippen MR) is 78.5 cm³/mol. The first-order valence-electron chi connectivity index (χ1n) is 6.57. The van der Waals surface area contributed by atoms with Gasteiger partial charge in [0, 0.05) is 24.3 Å².